The largest absolute Gasteiger partial charge is 0.478 e. The smallest absolute Gasteiger partial charge is 0.335 e. The molecule has 1 heterocycles. The van der Waals surface area contributed by atoms with Crippen molar-refractivity contribution in [2.75, 3.05) is 5.32 Å². The van der Waals surface area contributed by atoms with Gasteiger partial charge in [0.05, 0.1) is 17.1 Å². The number of anilines is 1. The number of hydrogen-bond donors (Lipinski definition) is 2. The average Bonchev–Trinajstić information content (AvgIpc) is 2.64. The number of rotatable bonds is 5. The van der Waals surface area contributed by atoms with E-state index in [1.54, 1.807) is 12.1 Å². The van der Waals surface area contributed by atoms with Gasteiger partial charge in [0.15, 0.2) is 0 Å². The molecule has 1 saturated carbocycles. The van der Waals surface area contributed by atoms with Crippen LogP contribution in [-0.4, -0.2) is 16.1 Å². The van der Waals surface area contributed by atoms with Gasteiger partial charge in [0.1, 0.15) is 5.82 Å². The van der Waals surface area contributed by atoms with Crippen molar-refractivity contribution in [2.24, 2.45) is 11.3 Å². The van der Waals surface area contributed by atoms with Crippen molar-refractivity contribution in [1.29, 1.82) is 0 Å². The molecule has 0 amide bonds. The first kappa shape index (κ1) is 18.5. The minimum absolute atomic E-state index is 0.114. The molecule has 0 aliphatic heterocycles. The van der Waals surface area contributed by atoms with Crippen molar-refractivity contribution in [3.8, 4) is 0 Å². The predicted molar refractivity (Wildman–Crippen MR) is 113 cm³/mol. The van der Waals surface area contributed by atoms with E-state index >= 15 is 0 Å². The average molecular weight is 374 g/mol. The van der Waals surface area contributed by atoms with Gasteiger partial charge in [0.25, 0.3) is 0 Å². The number of carbonyl (C=O) groups is 1. The van der Waals surface area contributed by atoms with E-state index in [1.165, 1.54) is 0 Å². The number of aromatic nitrogens is 1. The zero-order valence-electron chi connectivity index (χ0n) is 16.6. The summed E-state index contributed by atoms with van der Waals surface area (Å²) in [6.07, 6.45) is 2.27. The fourth-order valence-electron chi connectivity index (χ4n) is 4.42. The third-order valence-electron chi connectivity index (χ3n) is 5.82. The van der Waals surface area contributed by atoms with Crippen LogP contribution in [0.4, 0.5) is 5.82 Å². The van der Waals surface area contributed by atoms with E-state index < -0.39 is 5.97 Å². The van der Waals surface area contributed by atoms with E-state index in [1.807, 2.05) is 30.3 Å². The molecule has 1 aromatic heterocycles. The fourth-order valence-corrected chi connectivity index (χ4v) is 4.42. The number of carboxylic acids is 1. The number of pyridine rings is 1. The van der Waals surface area contributed by atoms with Crippen LogP contribution in [0.1, 0.15) is 54.2 Å². The molecule has 1 aliphatic carbocycles. The molecule has 0 unspecified atom stereocenters. The Kier molecular flexibility index (Phi) is 4.58. The van der Waals surface area contributed by atoms with Crippen LogP contribution in [0.5, 0.6) is 0 Å². The van der Waals surface area contributed by atoms with E-state index in [0.29, 0.717) is 16.9 Å². The van der Waals surface area contributed by atoms with Gasteiger partial charge in [-0.15, -0.1) is 0 Å². The number of nitrogens with one attached hydrogen (secondary N) is 1. The van der Waals surface area contributed by atoms with Crippen molar-refractivity contribution in [2.45, 2.75) is 39.7 Å². The van der Waals surface area contributed by atoms with E-state index in [4.69, 9.17) is 4.98 Å². The Hall–Kier alpha value is -2.88. The fraction of sp³-hybridized carbons (Fsp3) is 0.333. The highest BCUT2D eigenvalue weighted by atomic mass is 16.4. The highest BCUT2D eigenvalue weighted by Crippen LogP contribution is 2.51. The van der Waals surface area contributed by atoms with Crippen molar-refractivity contribution >= 4 is 22.7 Å². The van der Waals surface area contributed by atoms with Crippen molar-refractivity contribution in [3.05, 3.63) is 71.3 Å². The highest BCUT2D eigenvalue weighted by Gasteiger charge is 2.41. The zero-order chi connectivity index (χ0) is 19.9. The molecule has 2 aromatic carbocycles. The van der Waals surface area contributed by atoms with E-state index in [9.17, 15) is 9.90 Å². The third-order valence-corrected chi connectivity index (χ3v) is 5.82. The number of carboxylic acid groups (broad SMARTS) is 1. The molecule has 1 aliphatic rings. The van der Waals surface area contributed by atoms with Gasteiger partial charge < -0.3 is 10.4 Å². The van der Waals surface area contributed by atoms with E-state index in [-0.39, 0.29) is 6.04 Å². The van der Waals surface area contributed by atoms with Crippen molar-refractivity contribution < 1.29 is 9.90 Å². The molecule has 4 nitrogen and oxygen atoms in total. The number of aromatic carboxylic acids is 1. The predicted octanol–water partition coefficient (Wildman–Crippen LogP) is 5.83. The molecule has 1 atom stereocenters. The van der Waals surface area contributed by atoms with E-state index in [2.05, 4.69) is 38.2 Å². The van der Waals surface area contributed by atoms with Crippen LogP contribution in [0.25, 0.3) is 10.9 Å². The minimum Gasteiger partial charge on any atom is -0.478 e. The lowest BCUT2D eigenvalue weighted by Crippen LogP contribution is -2.38. The highest BCUT2D eigenvalue weighted by molar-refractivity contribution is 5.87. The molecule has 0 saturated heterocycles. The first-order chi connectivity index (χ1) is 13.3. The summed E-state index contributed by atoms with van der Waals surface area (Å²) in [6, 6.07) is 17.7. The molecule has 4 rings (SSSR count). The Balaban J connectivity index is 1.68. The molecule has 4 heteroatoms. The molecule has 3 aromatic rings. The first-order valence-corrected chi connectivity index (χ1v) is 9.79. The number of aryl methyl sites for hydroxylation is 1. The van der Waals surface area contributed by atoms with Crippen LogP contribution in [0, 0.1) is 18.3 Å². The monoisotopic (exact) mass is 374 g/mol. The summed E-state index contributed by atoms with van der Waals surface area (Å²) in [7, 11) is 0. The Morgan fingerprint density at radius 2 is 1.82 bits per heavy atom. The summed E-state index contributed by atoms with van der Waals surface area (Å²) in [5.41, 5.74) is 3.88. The van der Waals surface area contributed by atoms with Gasteiger partial charge in [0.2, 0.25) is 0 Å². The van der Waals surface area contributed by atoms with Gasteiger partial charge in [0, 0.05) is 5.39 Å². The van der Waals surface area contributed by atoms with Crippen LogP contribution in [0.2, 0.25) is 0 Å². The lowest BCUT2D eigenvalue weighted by molar-refractivity contribution is 0.0697. The van der Waals surface area contributed by atoms with Crippen LogP contribution < -0.4 is 5.32 Å². The number of hydrogen-bond acceptors (Lipinski definition) is 3. The molecule has 0 radical (unpaired) electrons. The van der Waals surface area contributed by atoms with Crippen molar-refractivity contribution in [1.82, 2.24) is 4.98 Å². The number of benzene rings is 2. The van der Waals surface area contributed by atoms with Crippen LogP contribution >= 0.6 is 0 Å². The maximum absolute atomic E-state index is 11.2. The summed E-state index contributed by atoms with van der Waals surface area (Å²) in [4.78, 5) is 16.1. The van der Waals surface area contributed by atoms with Gasteiger partial charge >= 0.3 is 5.97 Å². The third kappa shape index (κ3) is 3.59. The molecular weight excluding hydrogens is 348 g/mol. The van der Waals surface area contributed by atoms with Gasteiger partial charge in [-0.1, -0.05) is 44.2 Å². The lowest BCUT2D eigenvalue weighted by atomic mass is 9.61. The molecule has 144 valence electrons. The molecule has 2 N–H and O–H groups in total. The van der Waals surface area contributed by atoms with Gasteiger partial charge in [-0.25, -0.2) is 9.78 Å². The number of para-hydroxylation sites is 1. The molecule has 1 fully saturated rings. The van der Waals surface area contributed by atoms with Gasteiger partial charge in [-0.05, 0) is 66.5 Å². The molecule has 0 bridgehead atoms. The second-order valence-corrected chi connectivity index (χ2v) is 8.73. The van der Waals surface area contributed by atoms with Crippen LogP contribution in [0.3, 0.4) is 0 Å². The van der Waals surface area contributed by atoms with Gasteiger partial charge in [-0.3, -0.25) is 0 Å². The Bertz CT molecular complexity index is 1020. The van der Waals surface area contributed by atoms with Crippen LogP contribution in [-0.2, 0) is 0 Å². The van der Waals surface area contributed by atoms with Crippen LogP contribution in [0.15, 0.2) is 54.6 Å². The SMILES string of the molecule is Cc1cc2ccccc2nc1N[C@@H](c1ccc(C(=O)O)cc1)C1CC(C)(C)C1. The minimum atomic E-state index is -0.895. The standard InChI is InChI=1S/C24H26N2O2/c1-15-12-18-6-4-5-7-20(18)25-22(15)26-21(19-13-24(2,3)14-19)16-8-10-17(11-9-16)23(27)28/h4-12,19,21H,13-14H2,1-3H3,(H,25,26)(H,27,28)/t21-/m0/s1. The van der Waals surface area contributed by atoms with Crippen molar-refractivity contribution in [3.63, 3.8) is 0 Å². The molecule has 28 heavy (non-hydrogen) atoms. The maximum Gasteiger partial charge on any atom is 0.335 e. The van der Waals surface area contributed by atoms with Gasteiger partial charge in [-0.2, -0.15) is 0 Å². The summed E-state index contributed by atoms with van der Waals surface area (Å²) in [5, 5.41) is 14.0. The normalized spacial score (nSPS) is 17.1. The number of nitrogens with zero attached hydrogens (tertiary/aromatic N) is 1. The Labute approximate surface area is 165 Å². The Morgan fingerprint density at radius 3 is 2.46 bits per heavy atom. The quantitative estimate of drug-likeness (QED) is 0.590. The summed E-state index contributed by atoms with van der Waals surface area (Å²) in [5.74, 6) is 0.502. The molecule has 0 spiro atoms. The number of fused-ring (bicyclic) bond motifs is 1. The lowest BCUT2D eigenvalue weighted by Gasteiger charge is -2.47. The first-order valence-electron chi connectivity index (χ1n) is 9.79. The second-order valence-electron chi connectivity index (χ2n) is 8.73. The second kappa shape index (κ2) is 6.93. The summed E-state index contributed by atoms with van der Waals surface area (Å²) in [6.45, 7) is 6.68. The summed E-state index contributed by atoms with van der Waals surface area (Å²) < 4.78 is 0. The van der Waals surface area contributed by atoms with E-state index in [0.717, 1.165) is 40.7 Å². The summed E-state index contributed by atoms with van der Waals surface area (Å²) >= 11 is 0. The Morgan fingerprint density at radius 1 is 1.14 bits per heavy atom. The molecular formula is C24H26N2O2. The maximum atomic E-state index is 11.2. The topological polar surface area (TPSA) is 62.2 Å². The zero-order valence-corrected chi connectivity index (χ0v) is 16.6.